The standard InChI is InChI=1S/C53H79N13O16S/c1-3-4-6-37(49(79)57-23-24-83)62-52(82)40(16-19-45(75)76)64-51(81)39(14-17-42(71)55-22-20-34(68)25-35(69)29-67)63-50(80)38(15-18-44(73)74)61-43(72)28-59-41(70)7-5-21-56-47(77)31-9-11-33(12-10-31)58-26-32-27-60-46-36(13-8-30(32)2)48(78)66-53(54)65-46/h9-12,27,34-35,37-40,58,67-69,83H,3-8,13-26,28-29H2,1-2H3,(H,55,71)(H,56,77)(H,57,79)(H,59,70)(H,61,72)(H,62,82)(H,63,80)(H,64,81)(H,73,74)(H,75,76)(H3,54,65,66,78). The quantitative estimate of drug-likeness (QED) is 0.0265. The molecule has 0 aliphatic carbocycles. The molecule has 1 aromatic heterocycles. The maximum atomic E-state index is 14.0. The van der Waals surface area contributed by atoms with Crippen molar-refractivity contribution in [2.24, 2.45) is 4.99 Å². The van der Waals surface area contributed by atoms with E-state index in [4.69, 9.17) is 10.8 Å². The van der Waals surface area contributed by atoms with Gasteiger partial charge in [-0.1, -0.05) is 25.3 Å². The zero-order valence-electron chi connectivity index (χ0n) is 46.6. The number of amides is 8. The molecule has 8 amide bonds. The minimum absolute atomic E-state index is 0.0280. The first-order valence-electron chi connectivity index (χ1n) is 27.3. The van der Waals surface area contributed by atoms with Gasteiger partial charge < -0.3 is 79.1 Å². The van der Waals surface area contributed by atoms with Crippen LogP contribution in [0.3, 0.4) is 0 Å². The number of carbonyl (C=O) groups is 10. The number of rotatable bonds is 38. The molecule has 17 N–H and O–H groups in total. The lowest BCUT2D eigenvalue weighted by Crippen LogP contribution is -2.58. The Morgan fingerprint density at radius 2 is 1.27 bits per heavy atom. The second-order valence-electron chi connectivity index (χ2n) is 19.6. The SMILES string of the molecule is CCCCC(NC(=O)C(CCC(=O)O)NC(=O)C(CCC(=O)NCCC(O)CC(O)CO)NC(=O)C(CCC(=O)O)NC(=O)CNC(=O)CCCNC(=O)c1ccc(NCC2=C(C)CCc3c(nc(N)[nH]c3=O)N=C2)cc1)C(=O)NCCS. The first kappa shape index (κ1) is 69.3. The van der Waals surface area contributed by atoms with E-state index in [9.17, 15) is 73.2 Å². The van der Waals surface area contributed by atoms with Gasteiger partial charge in [0, 0.05) is 81.5 Å². The average molecular weight is 1190 g/mol. The number of carboxylic acids is 2. The highest BCUT2D eigenvalue weighted by molar-refractivity contribution is 7.80. The summed E-state index contributed by atoms with van der Waals surface area (Å²) in [5.41, 5.74) is 8.79. The van der Waals surface area contributed by atoms with Crippen molar-refractivity contribution in [3.8, 4) is 0 Å². The summed E-state index contributed by atoms with van der Waals surface area (Å²) in [6, 6.07) is 0.620. The van der Waals surface area contributed by atoms with E-state index in [0.29, 0.717) is 49.0 Å². The number of aromatic nitrogens is 2. The summed E-state index contributed by atoms with van der Waals surface area (Å²) < 4.78 is 0. The van der Waals surface area contributed by atoms with E-state index >= 15 is 0 Å². The topological polar surface area (TPSA) is 464 Å². The summed E-state index contributed by atoms with van der Waals surface area (Å²) in [6.45, 7) is 3.06. The smallest absolute Gasteiger partial charge is 0.303 e. The molecule has 2 aromatic rings. The van der Waals surface area contributed by atoms with Gasteiger partial charge in [0.05, 0.1) is 30.9 Å². The van der Waals surface area contributed by atoms with Crippen molar-refractivity contribution in [1.29, 1.82) is 0 Å². The van der Waals surface area contributed by atoms with Crippen molar-refractivity contribution in [1.82, 2.24) is 52.5 Å². The van der Waals surface area contributed by atoms with Crippen LogP contribution in [0.4, 0.5) is 17.5 Å². The number of fused-ring (bicyclic) bond motifs is 1. The fourth-order valence-corrected chi connectivity index (χ4v) is 8.25. The number of unbranched alkanes of at least 4 members (excludes halogenated alkanes) is 1. The van der Waals surface area contributed by atoms with E-state index in [0.717, 1.165) is 11.1 Å². The van der Waals surface area contributed by atoms with Crippen LogP contribution >= 0.6 is 12.6 Å². The van der Waals surface area contributed by atoms with Gasteiger partial charge >= 0.3 is 11.9 Å². The van der Waals surface area contributed by atoms with Gasteiger partial charge in [-0.05, 0) is 88.1 Å². The van der Waals surface area contributed by atoms with Gasteiger partial charge in [-0.25, -0.2) is 4.99 Å². The van der Waals surface area contributed by atoms with Gasteiger partial charge in [0.1, 0.15) is 24.2 Å². The number of nitrogens with zero attached hydrogens (tertiary/aromatic N) is 2. The molecule has 29 nitrogen and oxygen atoms in total. The molecule has 30 heteroatoms. The van der Waals surface area contributed by atoms with Gasteiger partial charge in [0.2, 0.25) is 47.3 Å². The number of aliphatic imine (C=N–C) groups is 1. The predicted molar refractivity (Wildman–Crippen MR) is 306 cm³/mol. The number of anilines is 2. The van der Waals surface area contributed by atoms with Crippen LogP contribution in [-0.2, 0) is 49.6 Å². The Labute approximate surface area is 484 Å². The minimum Gasteiger partial charge on any atom is -0.481 e. The van der Waals surface area contributed by atoms with E-state index in [-0.39, 0.29) is 74.8 Å². The van der Waals surface area contributed by atoms with Gasteiger partial charge in [0.25, 0.3) is 11.5 Å². The lowest BCUT2D eigenvalue weighted by Gasteiger charge is -2.26. The fourth-order valence-electron chi connectivity index (χ4n) is 8.14. The molecule has 0 spiro atoms. The number of aromatic amines is 1. The molecule has 0 saturated heterocycles. The number of nitrogen functional groups attached to an aromatic ring is 1. The monoisotopic (exact) mass is 1190 g/mol. The van der Waals surface area contributed by atoms with E-state index in [2.05, 4.69) is 75.4 Å². The van der Waals surface area contributed by atoms with E-state index in [1.807, 2.05) is 13.8 Å². The molecule has 6 unspecified atom stereocenters. The van der Waals surface area contributed by atoms with Crippen LogP contribution in [0.5, 0.6) is 0 Å². The number of aliphatic hydroxyl groups excluding tert-OH is 3. The highest BCUT2D eigenvalue weighted by Gasteiger charge is 2.32. The van der Waals surface area contributed by atoms with Crippen molar-refractivity contribution < 1.29 is 73.5 Å². The summed E-state index contributed by atoms with van der Waals surface area (Å²) in [7, 11) is 0. The molecule has 1 aliphatic heterocycles. The number of nitrogens with two attached hydrogens (primary N) is 1. The van der Waals surface area contributed by atoms with E-state index < -0.39 is 147 Å². The first-order valence-corrected chi connectivity index (χ1v) is 27.9. The van der Waals surface area contributed by atoms with Gasteiger partial charge in [-0.2, -0.15) is 17.6 Å². The Morgan fingerprint density at radius 1 is 0.675 bits per heavy atom. The Hall–Kier alpha value is -7.96. The normalized spacial score (nSPS) is 14.1. The summed E-state index contributed by atoms with van der Waals surface area (Å²) in [6.07, 6.45) is -1.75. The molecule has 6 atom stereocenters. The number of hydrogen-bond donors (Lipinski definition) is 17. The molecule has 0 radical (unpaired) electrons. The average Bonchev–Trinajstić information content (AvgIpc) is 3.52. The Morgan fingerprint density at radius 3 is 1.86 bits per heavy atom. The molecule has 0 saturated carbocycles. The number of aliphatic hydroxyl groups is 3. The van der Waals surface area contributed by atoms with Crippen LogP contribution in [0.2, 0.25) is 0 Å². The maximum Gasteiger partial charge on any atom is 0.303 e. The second-order valence-corrected chi connectivity index (χ2v) is 20.1. The second kappa shape index (κ2) is 37.2. The third kappa shape index (κ3) is 26.7. The number of benzene rings is 1. The molecule has 2 heterocycles. The third-order valence-electron chi connectivity index (χ3n) is 12.9. The number of H-pyrrole nitrogens is 1. The van der Waals surface area contributed by atoms with Crippen molar-refractivity contribution in [3.05, 3.63) is 56.9 Å². The lowest BCUT2D eigenvalue weighted by molar-refractivity contribution is -0.139. The Balaban J connectivity index is 1.63. The number of carbonyl (C=O) groups excluding carboxylic acids is 8. The molecular formula is C53H79N13O16S. The van der Waals surface area contributed by atoms with Crippen molar-refractivity contribution >= 4 is 95.5 Å². The Kier molecular flexibility index (Phi) is 31.1. The van der Waals surface area contributed by atoms with Crippen LogP contribution in [0.15, 0.2) is 45.2 Å². The van der Waals surface area contributed by atoms with Crippen LogP contribution in [0, 0.1) is 0 Å². The van der Waals surface area contributed by atoms with Crippen LogP contribution in [0.1, 0.15) is 120 Å². The molecule has 0 fully saturated rings. The molecule has 3 rings (SSSR count). The molecular weight excluding hydrogens is 1110 g/mol. The number of hydrogen-bond acceptors (Lipinski definition) is 19. The van der Waals surface area contributed by atoms with E-state index in [1.54, 1.807) is 30.5 Å². The highest BCUT2D eigenvalue weighted by atomic mass is 32.1. The van der Waals surface area contributed by atoms with Crippen molar-refractivity contribution in [3.63, 3.8) is 0 Å². The van der Waals surface area contributed by atoms with E-state index in [1.165, 1.54) is 0 Å². The molecule has 1 aromatic carbocycles. The molecule has 458 valence electrons. The third-order valence-corrected chi connectivity index (χ3v) is 13.1. The zero-order chi connectivity index (χ0) is 61.4. The van der Waals surface area contributed by atoms with Crippen LogP contribution in [0.25, 0.3) is 0 Å². The van der Waals surface area contributed by atoms with Crippen LogP contribution in [-0.4, -0.2) is 182 Å². The summed E-state index contributed by atoms with van der Waals surface area (Å²) in [5, 5.41) is 70.9. The number of aliphatic carboxylic acids is 2. The summed E-state index contributed by atoms with van der Waals surface area (Å²) in [4.78, 5) is 153. The molecule has 1 aliphatic rings. The minimum atomic E-state index is -1.70. The van der Waals surface area contributed by atoms with Crippen molar-refractivity contribution in [2.75, 3.05) is 56.1 Å². The summed E-state index contributed by atoms with van der Waals surface area (Å²) in [5.74, 6) is -8.54. The van der Waals surface area contributed by atoms with Gasteiger partial charge in [-0.3, -0.25) is 57.7 Å². The highest BCUT2D eigenvalue weighted by Crippen LogP contribution is 2.22. The molecule has 0 bridgehead atoms. The number of allylic oxidation sites excluding steroid dienone is 1. The fraction of sp³-hybridized carbons (Fsp3) is 0.566. The zero-order valence-corrected chi connectivity index (χ0v) is 47.4. The number of thiol groups is 1. The predicted octanol–water partition coefficient (Wildman–Crippen LogP) is -1.65. The lowest BCUT2D eigenvalue weighted by atomic mass is 10.0. The van der Waals surface area contributed by atoms with Crippen LogP contribution < -0.4 is 59.1 Å². The molecule has 83 heavy (non-hydrogen) atoms. The first-order chi connectivity index (χ1) is 39.5. The number of carboxylic acid groups (broad SMARTS) is 2. The number of nitrogens with one attached hydrogen (secondary N) is 10. The maximum absolute atomic E-state index is 14.0. The van der Waals surface area contributed by atoms with Crippen molar-refractivity contribution in [2.45, 2.75) is 147 Å². The Bertz CT molecular complexity index is 2670. The largest absolute Gasteiger partial charge is 0.481 e. The van der Waals surface area contributed by atoms with Gasteiger partial charge in [0.15, 0.2) is 5.82 Å². The summed E-state index contributed by atoms with van der Waals surface area (Å²) >= 11 is 4.08. The van der Waals surface area contributed by atoms with Gasteiger partial charge in [-0.15, -0.1) is 0 Å².